The maximum absolute atomic E-state index is 5.75. The summed E-state index contributed by atoms with van der Waals surface area (Å²) >= 11 is 0. The van der Waals surface area contributed by atoms with Crippen LogP contribution in [-0.2, 0) is 16.0 Å². The van der Waals surface area contributed by atoms with Crippen LogP contribution < -0.4 is 4.90 Å². The van der Waals surface area contributed by atoms with Crippen LogP contribution in [0.25, 0.3) is 0 Å². The highest BCUT2D eigenvalue weighted by Crippen LogP contribution is 2.30. The fraction of sp³-hybridized carbons (Fsp3) is 0.833. The predicted molar refractivity (Wildman–Crippen MR) is 67.8 cm³/mol. The Bertz CT molecular complexity index is 428. The molecule has 0 unspecified atom stereocenters. The highest BCUT2D eigenvalue weighted by atomic mass is 16.7. The molecule has 2 saturated heterocycles. The van der Waals surface area contributed by atoms with E-state index in [2.05, 4.69) is 15.0 Å². The van der Waals surface area contributed by atoms with Crippen LogP contribution >= 0.6 is 0 Å². The molecule has 0 saturated carbocycles. The maximum Gasteiger partial charge on any atom is 0.265 e. The van der Waals surface area contributed by atoms with E-state index in [-0.39, 0.29) is 0 Å². The smallest absolute Gasteiger partial charge is 0.265 e. The first kappa shape index (κ1) is 12.8. The van der Waals surface area contributed by atoms with Crippen molar-refractivity contribution < 1.29 is 14.0 Å². The molecule has 3 heterocycles. The number of rotatable bonds is 3. The zero-order valence-electron chi connectivity index (χ0n) is 11.5. The Kier molecular flexibility index (Phi) is 3.42. The van der Waals surface area contributed by atoms with Crippen molar-refractivity contribution in [2.24, 2.45) is 0 Å². The number of anilines is 1. The van der Waals surface area contributed by atoms with Crippen molar-refractivity contribution in [1.82, 2.24) is 15.0 Å². The normalized spacial score (nSPS) is 23.1. The van der Waals surface area contributed by atoms with E-state index >= 15 is 0 Å². The second kappa shape index (κ2) is 5.07. The van der Waals surface area contributed by atoms with Gasteiger partial charge in [-0.1, -0.05) is 0 Å². The highest BCUT2D eigenvalue weighted by molar-refractivity contribution is 5.23. The summed E-state index contributed by atoms with van der Waals surface area (Å²) in [6.45, 7) is 3.81. The van der Waals surface area contributed by atoms with Gasteiger partial charge in [0, 0.05) is 20.5 Å². The number of nitrogens with zero attached hydrogens (tertiary/aromatic N) is 4. The first-order chi connectivity index (χ1) is 9.17. The molecule has 7 heteroatoms. The van der Waals surface area contributed by atoms with Crippen molar-refractivity contribution in [1.29, 1.82) is 0 Å². The van der Waals surface area contributed by atoms with E-state index in [1.54, 1.807) is 0 Å². The van der Waals surface area contributed by atoms with Gasteiger partial charge in [-0.2, -0.15) is 4.98 Å². The van der Waals surface area contributed by atoms with Crippen LogP contribution in [0.5, 0.6) is 0 Å². The Hall–Kier alpha value is -1.18. The molecule has 2 aliphatic rings. The van der Waals surface area contributed by atoms with Crippen LogP contribution in [0.3, 0.4) is 0 Å². The molecular formula is C12H20N4O3. The lowest BCUT2D eigenvalue weighted by Crippen LogP contribution is -2.48. The van der Waals surface area contributed by atoms with Crippen LogP contribution in [0.4, 0.5) is 5.95 Å². The molecule has 2 aliphatic heterocycles. The molecule has 1 spiro atoms. The van der Waals surface area contributed by atoms with Crippen LogP contribution in [0.1, 0.15) is 18.7 Å². The summed E-state index contributed by atoms with van der Waals surface area (Å²) in [7, 11) is 3.79. The number of piperidine rings is 1. The largest absolute Gasteiger partial charge is 0.346 e. The second-order valence-corrected chi connectivity index (χ2v) is 5.30. The lowest BCUT2D eigenvalue weighted by atomic mass is 10.0. The number of hydrogen-bond donors (Lipinski definition) is 0. The van der Waals surface area contributed by atoms with E-state index in [4.69, 9.17) is 14.0 Å². The fourth-order valence-corrected chi connectivity index (χ4v) is 2.62. The summed E-state index contributed by atoms with van der Waals surface area (Å²) < 4.78 is 16.8. The molecule has 106 valence electrons. The quantitative estimate of drug-likeness (QED) is 0.789. The standard InChI is InChI=1S/C12H20N4O3/c1-15(2)11-13-10(19-14-11)8-16-5-3-4-12(9-16)17-6-7-18-12/h3-9H2,1-2H3. The predicted octanol–water partition coefficient (Wildman–Crippen LogP) is 0.474. The van der Waals surface area contributed by atoms with Gasteiger partial charge in [0.15, 0.2) is 5.79 Å². The Labute approximate surface area is 112 Å². The number of aromatic nitrogens is 2. The van der Waals surface area contributed by atoms with Crippen LogP contribution in [-0.4, -0.2) is 61.2 Å². The summed E-state index contributed by atoms with van der Waals surface area (Å²) in [5.41, 5.74) is 0. The number of hydrogen-bond acceptors (Lipinski definition) is 7. The molecule has 3 rings (SSSR count). The average molecular weight is 268 g/mol. The molecule has 0 atom stereocenters. The monoisotopic (exact) mass is 268 g/mol. The molecule has 0 N–H and O–H groups in total. The van der Waals surface area contributed by atoms with Gasteiger partial charge in [-0.05, 0) is 18.1 Å². The molecule has 0 bridgehead atoms. The summed E-state index contributed by atoms with van der Waals surface area (Å²) in [5.74, 6) is 0.844. The van der Waals surface area contributed by atoms with Crippen LogP contribution in [0.2, 0.25) is 0 Å². The summed E-state index contributed by atoms with van der Waals surface area (Å²) in [4.78, 5) is 8.42. The first-order valence-corrected chi connectivity index (χ1v) is 6.67. The molecule has 19 heavy (non-hydrogen) atoms. The Morgan fingerprint density at radius 2 is 2.11 bits per heavy atom. The average Bonchev–Trinajstić information content (AvgIpc) is 3.00. The molecule has 0 aromatic carbocycles. The minimum absolute atomic E-state index is 0.400. The SMILES string of the molecule is CN(C)c1noc(CN2CCCC3(C2)OCCO3)n1. The number of likely N-dealkylation sites (tertiary alicyclic amines) is 1. The van der Waals surface area contributed by atoms with Crippen molar-refractivity contribution in [3.8, 4) is 0 Å². The van der Waals surface area contributed by atoms with Gasteiger partial charge in [-0.3, -0.25) is 4.90 Å². The molecule has 7 nitrogen and oxygen atoms in total. The fourth-order valence-electron chi connectivity index (χ4n) is 2.62. The molecule has 0 aliphatic carbocycles. The van der Waals surface area contributed by atoms with E-state index < -0.39 is 5.79 Å². The van der Waals surface area contributed by atoms with E-state index in [0.29, 0.717) is 31.6 Å². The number of ether oxygens (including phenoxy) is 2. The Balaban J connectivity index is 1.62. The third kappa shape index (κ3) is 2.72. The van der Waals surface area contributed by atoms with Gasteiger partial charge in [-0.15, -0.1) is 0 Å². The Morgan fingerprint density at radius 1 is 1.32 bits per heavy atom. The van der Waals surface area contributed by atoms with E-state index in [1.165, 1.54) is 0 Å². The molecular weight excluding hydrogens is 248 g/mol. The Morgan fingerprint density at radius 3 is 2.79 bits per heavy atom. The van der Waals surface area contributed by atoms with Crippen LogP contribution in [0, 0.1) is 0 Å². The molecule has 1 aromatic heterocycles. The van der Waals surface area contributed by atoms with Gasteiger partial charge >= 0.3 is 0 Å². The minimum Gasteiger partial charge on any atom is -0.346 e. The van der Waals surface area contributed by atoms with E-state index in [1.807, 2.05) is 19.0 Å². The highest BCUT2D eigenvalue weighted by Gasteiger charge is 2.40. The van der Waals surface area contributed by atoms with E-state index in [9.17, 15) is 0 Å². The third-order valence-corrected chi connectivity index (χ3v) is 3.53. The second-order valence-electron chi connectivity index (χ2n) is 5.30. The molecule has 0 amide bonds. The zero-order valence-corrected chi connectivity index (χ0v) is 11.5. The third-order valence-electron chi connectivity index (χ3n) is 3.53. The summed E-state index contributed by atoms with van der Waals surface area (Å²) in [6, 6.07) is 0. The van der Waals surface area contributed by atoms with Gasteiger partial charge in [0.25, 0.3) is 5.95 Å². The van der Waals surface area contributed by atoms with Crippen LogP contribution in [0.15, 0.2) is 4.52 Å². The van der Waals surface area contributed by atoms with Crippen molar-refractivity contribution in [2.75, 3.05) is 45.3 Å². The molecule has 2 fully saturated rings. The first-order valence-electron chi connectivity index (χ1n) is 6.67. The van der Waals surface area contributed by atoms with Crippen molar-refractivity contribution in [3.05, 3.63) is 5.89 Å². The topological polar surface area (TPSA) is 63.9 Å². The van der Waals surface area contributed by atoms with Gasteiger partial charge < -0.3 is 18.9 Å². The minimum atomic E-state index is -0.400. The lowest BCUT2D eigenvalue weighted by molar-refractivity contribution is -0.190. The van der Waals surface area contributed by atoms with E-state index in [0.717, 1.165) is 25.9 Å². The van der Waals surface area contributed by atoms with Crippen molar-refractivity contribution in [2.45, 2.75) is 25.2 Å². The zero-order chi connectivity index (χ0) is 13.3. The van der Waals surface area contributed by atoms with Gasteiger partial charge in [0.2, 0.25) is 5.89 Å². The van der Waals surface area contributed by atoms with Gasteiger partial charge in [0.1, 0.15) is 0 Å². The molecule has 1 aromatic rings. The van der Waals surface area contributed by atoms with Crippen molar-refractivity contribution >= 4 is 5.95 Å². The van der Waals surface area contributed by atoms with Crippen molar-refractivity contribution in [3.63, 3.8) is 0 Å². The maximum atomic E-state index is 5.75. The molecule has 0 radical (unpaired) electrons. The van der Waals surface area contributed by atoms with Gasteiger partial charge in [-0.25, -0.2) is 0 Å². The lowest BCUT2D eigenvalue weighted by Gasteiger charge is -2.37. The van der Waals surface area contributed by atoms with Gasteiger partial charge in [0.05, 0.1) is 26.3 Å². The summed E-state index contributed by atoms with van der Waals surface area (Å²) in [6.07, 6.45) is 2.03. The summed E-state index contributed by atoms with van der Waals surface area (Å²) in [5, 5.41) is 3.92.